The zero-order valence-electron chi connectivity index (χ0n) is 17.3. The van der Waals surface area contributed by atoms with Crippen molar-refractivity contribution in [2.75, 3.05) is 6.61 Å². The van der Waals surface area contributed by atoms with Crippen LogP contribution in [0.4, 0.5) is 0 Å². The van der Waals surface area contributed by atoms with Gasteiger partial charge in [-0.3, -0.25) is 4.79 Å². The van der Waals surface area contributed by atoms with Crippen LogP contribution in [0.5, 0.6) is 5.75 Å². The minimum Gasteiger partial charge on any atom is -0.493 e. The number of amides is 1. The first-order valence-electron chi connectivity index (χ1n) is 9.96. The maximum absolute atomic E-state index is 12.1. The molecule has 3 aromatic rings. The lowest BCUT2D eigenvalue weighted by atomic mass is 10.0. The van der Waals surface area contributed by atoms with Crippen molar-refractivity contribution < 1.29 is 9.53 Å². The van der Waals surface area contributed by atoms with Gasteiger partial charge in [-0.1, -0.05) is 32.0 Å². The quantitative estimate of drug-likeness (QED) is 0.621. The Morgan fingerprint density at radius 3 is 2.47 bits per heavy atom. The molecule has 1 aliphatic heterocycles. The number of nitrogens with one attached hydrogen (secondary N) is 1. The van der Waals surface area contributed by atoms with Crippen LogP contribution in [-0.4, -0.2) is 28.0 Å². The zero-order chi connectivity index (χ0) is 21.1. The van der Waals surface area contributed by atoms with Crippen molar-refractivity contribution in [3.63, 3.8) is 0 Å². The number of rotatable bonds is 6. The van der Waals surface area contributed by atoms with Gasteiger partial charge in [0.2, 0.25) is 0 Å². The standard InChI is InChI=1S/C24H24N4O2/c1-16(2)15-30-21-11-9-18(10-12-21)23-19(13-22-17(3)25-26-24(22)29)14-28(27-23)20-7-5-4-6-8-20/h4-14,16H,15H2,1-3H3,(H,26,29). The summed E-state index contributed by atoms with van der Waals surface area (Å²) in [5.74, 6) is 1.09. The highest BCUT2D eigenvalue weighted by Crippen LogP contribution is 2.28. The first kappa shape index (κ1) is 19.6. The van der Waals surface area contributed by atoms with Crippen LogP contribution >= 0.6 is 0 Å². The van der Waals surface area contributed by atoms with Crippen LogP contribution in [0.1, 0.15) is 26.3 Å². The van der Waals surface area contributed by atoms with Gasteiger partial charge in [-0.2, -0.15) is 10.2 Å². The number of carbonyl (C=O) groups is 1. The zero-order valence-corrected chi connectivity index (χ0v) is 17.3. The molecule has 152 valence electrons. The van der Waals surface area contributed by atoms with Crippen molar-refractivity contribution in [1.82, 2.24) is 15.2 Å². The van der Waals surface area contributed by atoms with Gasteiger partial charge in [0.1, 0.15) is 5.75 Å². The first-order valence-corrected chi connectivity index (χ1v) is 9.96. The highest BCUT2D eigenvalue weighted by atomic mass is 16.5. The van der Waals surface area contributed by atoms with E-state index in [-0.39, 0.29) is 5.91 Å². The SMILES string of the molecule is CC1=NNC(=O)C1=Cc1cn(-c2ccccc2)nc1-c1ccc(OCC(C)C)cc1. The molecule has 0 fully saturated rings. The third-order valence-electron chi connectivity index (χ3n) is 4.73. The number of ether oxygens (including phenoxy) is 1. The van der Waals surface area contributed by atoms with Crippen molar-refractivity contribution >= 4 is 17.7 Å². The highest BCUT2D eigenvalue weighted by molar-refractivity contribution is 6.26. The monoisotopic (exact) mass is 400 g/mol. The van der Waals surface area contributed by atoms with E-state index in [9.17, 15) is 4.79 Å². The fraction of sp³-hybridized carbons (Fsp3) is 0.208. The third kappa shape index (κ3) is 4.17. The summed E-state index contributed by atoms with van der Waals surface area (Å²) < 4.78 is 7.62. The van der Waals surface area contributed by atoms with E-state index in [0.717, 1.165) is 28.3 Å². The van der Waals surface area contributed by atoms with Gasteiger partial charge >= 0.3 is 0 Å². The molecule has 0 radical (unpaired) electrons. The summed E-state index contributed by atoms with van der Waals surface area (Å²) in [4.78, 5) is 12.1. The minimum atomic E-state index is -0.205. The van der Waals surface area contributed by atoms with Gasteiger partial charge in [0, 0.05) is 17.3 Å². The fourth-order valence-corrected chi connectivity index (χ4v) is 3.15. The Morgan fingerprint density at radius 2 is 1.83 bits per heavy atom. The second kappa shape index (κ2) is 8.37. The van der Waals surface area contributed by atoms with E-state index in [0.29, 0.717) is 23.8 Å². The summed E-state index contributed by atoms with van der Waals surface area (Å²) in [6, 6.07) is 17.8. The summed E-state index contributed by atoms with van der Waals surface area (Å²) in [6.45, 7) is 6.72. The van der Waals surface area contributed by atoms with Gasteiger partial charge in [0.05, 0.1) is 29.3 Å². The smallest absolute Gasteiger partial charge is 0.273 e. The van der Waals surface area contributed by atoms with E-state index < -0.39 is 0 Å². The molecule has 4 rings (SSSR count). The molecule has 2 aromatic carbocycles. The predicted octanol–water partition coefficient (Wildman–Crippen LogP) is 4.46. The topological polar surface area (TPSA) is 68.5 Å². The van der Waals surface area contributed by atoms with Crippen LogP contribution in [0.25, 0.3) is 23.0 Å². The van der Waals surface area contributed by atoms with Gasteiger partial charge < -0.3 is 4.74 Å². The summed E-state index contributed by atoms with van der Waals surface area (Å²) in [5, 5.41) is 8.82. The highest BCUT2D eigenvalue weighted by Gasteiger charge is 2.21. The molecule has 6 nitrogen and oxygen atoms in total. The molecule has 2 heterocycles. The summed E-state index contributed by atoms with van der Waals surface area (Å²) in [5.41, 5.74) is 7.23. The number of hydrazone groups is 1. The molecule has 0 atom stereocenters. The van der Waals surface area contributed by atoms with Crippen molar-refractivity contribution in [1.29, 1.82) is 0 Å². The van der Waals surface area contributed by atoms with Crippen LogP contribution < -0.4 is 10.2 Å². The molecule has 0 saturated heterocycles. The Bertz CT molecular complexity index is 1110. The van der Waals surface area contributed by atoms with E-state index in [2.05, 4.69) is 24.4 Å². The fourth-order valence-electron chi connectivity index (χ4n) is 3.15. The number of hydrogen-bond acceptors (Lipinski definition) is 4. The lowest BCUT2D eigenvalue weighted by Crippen LogP contribution is -2.12. The second-order valence-electron chi connectivity index (χ2n) is 7.64. The van der Waals surface area contributed by atoms with Crippen LogP contribution in [0.3, 0.4) is 0 Å². The summed E-state index contributed by atoms with van der Waals surface area (Å²) >= 11 is 0. The molecular weight excluding hydrogens is 376 g/mol. The third-order valence-corrected chi connectivity index (χ3v) is 4.73. The molecular formula is C24H24N4O2. The van der Waals surface area contributed by atoms with Crippen molar-refractivity contribution in [2.24, 2.45) is 11.0 Å². The van der Waals surface area contributed by atoms with Gasteiger partial charge in [-0.15, -0.1) is 0 Å². The van der Waals surface area contributed by atoms with Gasteiger partial charge in [-0.05, 0) is 55.3 Å². The summed E-state index contributed by atoms with van der Waals surface area (Å²) in [6.07, 6.45) is 3.77. The molecule has 1 N–H and O–H groups in total. The normalized spacial score (nSPS) is 14.9. The van der Waals surface area contributed by atoms with E-state index in [4.69, 9.17) is 9.84 Å². The molecule has 1 aromatic heterocycles. The maximum atomic E-state index is 12.1. The van der Waals surface area contributed by atoms with Crippen molar-refractivity contribution in [3.8, 4) is 22.7 Å². The first-order chi connectivity index (χ1) is 14.5. The van der Waals surface area contributed by atoms with Crippen molar-refractivity contribution in [3.05, 3.63) is 71.9 Å². The minimum absolute atomic E-state index is 0.205. The molecule has 1 aliphatic rings. The lowest BCUT2D eigenvalue weighted by Gasteiger charge is -2.09. The average Bonchev–Trinajstić information content (AvgIpc) is 3.32. The van der Waals surface area contributed by atoms with Gasteiger partial charge in [0.25, 0.3) is 5.91 Å². The van der Waals surface area contributed by atoms with Gasteiger partial charge in [0.15, 0.2) is 0 Å². The molecule has 0 saturated carbocycles. The van der Waals surface area contributed by atoms with Crippen LogP contribution in [0, 0.1) is 5.92 Å². The van der Waals surface area contributed by atoms with Gasteiger partial charge in [-0.25, -0.2) is 10.1 Å². The largest absolute Gasteiger partial charge is 0.493 e. The summed E-state index contributed by atoms with van der Waals surface area (Å²) in [7, 11) is 0. The number of carbonyl (C=O) groups excluding carboxylic acids is 1. The van der Waals surface area contributed by atoms with E-state index in [1.54, 1.807) is 0 Å². The molecule has 30 heavy (non-hydrogen) atoms. The lowest BCUT2D eigenvalue weighted by molar-refractivity contribution is -0.116. The molecule has 0 bridgehead atoms. The Labute approximate surface area is 175 Å². The average molecular weight is 400 g/mol. The van der Waals surface area contributed by atoms with Crippen LogP contribution in [0.15, 0.2) is 71.5 Å². The van der Waals surface area contributed by atoms with E-state index in [1.165, 1.54) is 0 Å². The predicted molar refractivity (Wildman–Crippen MR) is 119 cm³/mol. The Balaban J connectivity index is 1.74. The Morgan fingerprint density at radius 1 is 1.10 bits per heavy atom. The maximum Gasteiger partial charge on any atom is 0.273 e. The van der Waals surface area contributed by atoms with Crippen molar-refractivity contribution in [2.45, 2.75) is 20.8 Å². The number of para-hydroxylation sites is 1. The molecule has 0 aliphatic carbocycles. The molecule has 6 heteroatoms. The van der Waals surface area contributed by atoms with E-state index in [1.807, 2.05) is 78.5 Å². The number of aromatic nitrogens is 2. The second-order valence-corrected chi connectivity index (χ2v) is 7.64. The number of nitrogens with zero attached hydrogens (tertiary/aromatic N) is 3. The Kier molecular flexibility index (Phi) is 5.48. The van der Waals surface area contributed by atoms with Crippen LogP contribution in [-0.2, 0) is 4.79 Å². The number of benzene rings is 2. The van der Waals surface area contributed by atoms with E-state index >= 15 is 0 Å². The molecule has 0 spiro atoms. The number of hydrogen-bond donors (Lipinski definition) is 1. The molecule has 0 unspecified atom stereocenters. The van der Waals surface area contributed by atoms with Crippen LogP contribution in [0.2, 0.25) is 0 Å². The Hall–Kier alpha value is -3.67. The molecule has 1 amide bonds.